The van der Waals surface area contributed by atoms with E-state index in [0.29, 0.717) is 6.54 Å². The Morgan fingerprint density at radius 3 is 2.79 bits per heavy atom. The van der Waals surface area contributed by atoms with Crippen LogP contribution < -0.4 is 0 Å². The van der Waals surface area contributed by atoms with Gasteiger partial charge in [0.1, 0.15) is 0 Å². The Hall–Kier alpha value is -1.75. The minimum Gasteiger partial charge on any atom is -0.319 e. The summed E-state index contributed by atoms with van der Waals surface area (Å²) < 4.78 is 1.99. The zero-order valence-corrected chi connectivity index (χ0v) is 8.41. The zero-order valence-electron chi connectivity index (χ0n) is 8.41. The van der Waals surface area contributed by atoms with Crippen LogP contribution in [0.2, 0.25) is 0 Å². The predicted molar refractivity (Wildman–Crippen MR) is 58.0 cm³/mol. The maximum Gasteiger partial charge on any atom is 0.0966 e. The van der Waals surface area contributed by atoms with E-state index < -0.39 is 0 Å². The van der Waals surface area contributed by atoms with E-state index in [-0.39, 0.29) is 0 Å². The summed E-state index contributed by atoms with van der Waals surface area (Å²) in [4.78, 5) is 4.31. The van der Waals surface area contributed by atoms with Gasteiger partial charge in [-0.3, -0.25) is 0 Å². The fourth-order valence-electron chi connectivity index (χ4n) is 1.54. The molecule has 2 aromatic rings. The molecule has 0 amide bonds. The van der Waals surface area contributed by atoms with Gasteiger partial charge in [0.25, 0.3) is 0 Å². The lowest BCUT2D eigenvalue weighted by Gasteiger charge is -2.02. The van der Waals surface area contributed by atoms with Crippen LogP contribution in [0.4, 0.5) is 0 Å². The third kappa shape index (κ3) is 1.27. The second kappa shape index (κ2) is 3.19. The average Bonchev–Trinajstić information content (AvgIpc) is 2.51. The van der Waals surface area contributed by atoms with Crippen LogP contribution in [0, 0.1) is 26.2 Å². The minimum absolute atomic E-state index is 0.582. The lowest BCUT2D eigenvalue weighted by atomic mass is 10.1. The molecule has 0 aliphatic carbocycles. The summed E-state index contributed by atoms with van der Waals surface area (Å²) in [6, 6.07) is 4.23. The van der Waals surface area contributed by atoms with Crippen molar-refractivity contribution in [2.45, 2.75) is 20.4 Å². The molecule has 0 aliphatic heterocycles. The molecule has 0 atom stereocenters. The third-order valence-corrected chi connectivity index (χ3v) is 2.50. The third-order valence-electron chi connectivity index (χ3n) is 2.50. The van der Waals surface area contributed by atoms with E-state index in [1.165, 1.54) is 11.1 Å². The van der Waals surface area contributed by atoms with Crippen molar-refractivity contribution < 1.29 is 0 Å². The molecule has 0 spiro atoms. The van der Waals surface area contributed by atoms with Crippen molar-refractivity contribution in [3.05, 3.63) is 29.6 Å². The molecule has 0 saturated heterocycles. The van der Waals surface area contributed by atoms with Crippen molar-refractivity contribution in [3.8, 4) is 12.3 Å². The second-order valence-electron chi connectivity index (χ2n) is 3.50. The molecular formula is C12H12N2. The first kappa shape index (κ1) is 8.83. The Balaban J connectivity index is 2.69. The molecule has 0 saturated carbocycles. The first-order valence-corrected chi connectivity index (χ1v) is 4.58. The van der Waals surface area contributed by atoms with Gasteiger partial charge in [-0.2, -0.15) is 0 Å². The first-order valence-electron chi connectivity index (χ1n) is 4.58. The maximum absolute atomic E-state index is 5.28. The summed E-state index contributed by atoms with van der Waals surface area (Å²) >= 11 is 0. The monoisotopic (exact) mass is 184 g/mol. The van der Waals surface area contributed by atoms with E-state index in [0.717, 1.165) is 11.0 Å². The number of imidazole rings is 1. The molecule has 0 N–H and O–H groups in total. The van der Waals surface area contributed by atoms with Crippen molar-refractivity contribution >= 4 is 11.0 Å². The number of hydrogen-bond acceptors (Lipinski definition) is 1. The van der Waals surface area contributed by atoms with Gasteiger partial charge in [-0.1, -0.05) is 5.92 Å². The molecule has 1 aromatic carbocycles. The van der Waals surface area contributed by atoms with Gasteiger partial charge in [0.15, 0.2) is 0 Å². The van der Waals surface area contributed by atoms with Crippen LogP contribution in [0.1, 0.15) is 11.1 Å². The second-order valence-corrected chi connectivity index (χ2v) is 3.50. The number of hydrogen-bond donors (Lipinski definition) is 0. The fraction of sp³-hybridized carbons (Fsp3) is 0.250. The highest BCUT2D eigenvalue weighted by Gasteiger charge is 2.03. The molecule has 1 heterocycles. The first-order chi connectivity index (χ1) is 6.72. The Kier molecular flexibility index (Phi) is 2.01. The van der Waals surface area contributed by atoms with Crippen molar-refractivity contribution in [3.63, 3.8) is 0 Å². The van der Waals surface area contributed by atoms with E-state index in [1.54, 1.807) is 6.33 Å². The van der Waals surface area contributed by atoms with E-state index in [9.17, 15) is 0 Å². The number of benzene rings is 1. The summed E-state index contributed by atoms with van der Waals surface area (Å²) in [6.45, 7) is 4.77. The summed E-state index contributed by atoms with van der Waals surface area (Å²) in [5, 5.41) is 0. The molecule has 1 aromatic heterocycles. The summed E-state index contributed by atoms with van der Waals surface area (Å²) in [5.74, 6) is 2.62. The van der Waals surface area contributed by atoms with Gasteiger partial charge in [-0.25, -0.2) is 4.98 Å². The maximum atomic E-state index is 5.28. The van der Waals surface area contributed by atoms with Crippen molar-refractivity contribution in [2.75, 3.05) is 0 Å². The molecule has 70 valence electrons. The van der Waals surface area contributed by atoms with Crippen LogP contribution in [-0.4, -0.2) is 9.55 Å². The van der Waals surface area contributed by atoms with Gasteiger partial charge >= 0.3 is 0 Å². The standard InChI is InChI=1S/C12H12N2/c1-4-5-14-8-13-11-6-9(2)10(3)7-12(11)14/h1,6-8H,5H2,2-3H3. The Labute approximate surface area is 83.6 Å². The van der Waals surface area contributed by atoms with Crippen LogP contribution in [0.15, 0.2) is 18.5 Å². The van der Waals surface area contributed by atoms with Gasteiger partial charge in [0.05, 0.1) is 23.9 Å². The van der Waals surface area contributed by atoms with Gasteiger partial charge in [-0.05, 0) is 37.1 Å². The highest BCUT2D eigenvalue weighted by molar-refractivity contribution is 5.77. The number of aromatic nitrogens is 2. The fourth-order valence-corrected chi connectivity index (χ4v) is 1.54. The molecule has 0 fully saturated rings. The normalized spacial score (nSPS) is 10.4. The van der Waals surface area contributed by atoms with Gasteiger partial charge in [0, 0.05) is 0 Å². The van der Waals surface area contributed by atoms with Gasteiger partial charge in [-0.15, -0.1) is 6.42 Å². The largest absolute Gasteiger partial charge is 0.319 e. The number of terminal acetylenes is 1. The molecule has 0 aliphatic rings. The van der Waals surface area contributed by atoms with Crippen LogP contribution in [0.5, 0.6) is 0 Å². The molecule has 0 radical (unpaired) electrons. The molecule has 2 heteroatoms. The molecule has 2 nitrogen and oxygen atoms in total. The Morgan fingerprint density at radius 2 is 2.07 bits per heavy atom. The zero-order chi connectivity index (χ0) is 10.1. The summed E-state index contributed by atoms with van der Waals surface area (Å²) in [6.07, 6.45) is 7.08. The Bertz CT molecular complexity index is 515. The van der Waals surface area contributed by atoms with Gasteiger partial charge in [0.2, 0.25) is 0 Å². The average molecular weight is 184 g/mol. The number of aryl methyl sites for hydroxylation is 2. The lowest BCUT2D eigenvalue weighted by Crippen LogP contribution is -1.93. The number of nitrogens with zero attached hydrogens (tertiary/aromatic N) is 2. The number of fused-ring (bicyclic) bond motifs is 1. The molecule has 14 heavy (non-hydrogen) atoms. The lowest BCUT2D eigenvalue weighted by molar-refractivity contribution is 0.870. The van der Waals surface area contributed by atoms with Crippen molar-refractivity contribution in [1.29, 1.82) is 0 Å². The van der Waals surface area contributed by atoms with Crippen molar-refractivity contribution in [1.82, 2.24) is 9.55 Å². The quantitative estimate of drug-likeness (QED) is 0.622. The molecule has 0 unspecified atom stereocenters. The predicted octanol–water partition coefficient (Wildman–Crippen LogP) is 2.29. The minimum atomic E-state index is 0.582. The van der Waals surface area contributed by atoms with Gasteiger partial charge < -0.3 is 4.57 Å². The van der Waals surface area contributed by atoms with Crippen LogP contribution in [0.25, 0.3) is 11.0 Å². The van der Waals surface area contributed by atoms with E-state index in [2.05, 4.69) is 36.9 Å². The molecule has 0 bridgehead atoms. The van der Waals surface area contributed by atoms with Crippen LogP contribution in [-0.2, 0) is 6.54 Å². The molecule has 2 rings (SSSR count). The topological polar surface area (TPSA) is 17.8 Å². The SMILES string of the molecule is C#CCn1cnc2cc(C)c(C)cc21. The van der Waals surface area contributed by atoms with E-state index >= 15 is 0 Å². The van der Waals surface area contributed by atoms with Crippen LogP contribution >= 0.6 is 0 Å². The Morgan fingerprint density at radius 1 is 1.36 bits per heavy atom. The van der Waals surface area contributed by atoms with Crippen LogP contribution in [0.3, 0.4) is 0 Å². The highest BCUT2D eigenvalue weighted by Crippen LogP contribution is 2.17. The van der Waals surface area contributed by atoms with Crippen molar-refractivity contribution in [2.24, 2.45) is 0 Å². The molecular weight excluding hydrogens is 172 g/mol. The summed E-state index contributed by atoms with van der Waals surface area (Å²) in [7, 11) is 0. The smallest absolute Gasteiger partial charge is 0.0966 e. The van der Waals surface area contributed by atoms with E-state index in [1.807, 2.05) is 4.57 Å². The van der Waals surface area contributed by atoms with E-state index in [4.69, 9.17) is 6.42 Å². The number of rotatable bonds is 1. The highest BCUT2D eigenvalue weighted by atomic mass is 15.0. The summed E-state index contributed by atoms with van der Waals surface area (Å²) in [5.41, 5.74) is 4.68.